The van der Waals surface area contributed by atoms with Gasteiger partial charge in [-0.2, -0.15) is 4.80 Å². The number of methoxy groups -OCH3 is 1. The van der Waals surface area contributed by atoms with Crippen molar-refractivity contribution in [3.05, 3.63) is 29.8 Å². The molecule has 0 bridgehead atoms. The molecule has 21 heavy (non-hydrogen) atoms. The Morgan fingerprint density at radius 1 is 1.38 bits per heavy atom. The molecule has 1 aromatic heterocycles. The molecule has 1 N–H and O–H groups in total. The number of hydrogen-bond donors (Lipinski definition) is 1. The van der Waals surface area contributed by atoms with Crippen molar-refractivity contribution in [3.63, 3.8) is 0 Å². The predicted molar refractivity (Wildman–Crippen MR) is 77.5 cm³/mol. The Balaban J connectivity index is 1.91. The van der Waals surface area contributed by atoms with Crippen LogP contribution in [0.2, 0.25) is 0 Å². The maximum absolute atomic E-state index is 11.7. The molecule has 2 aromatic rings. The van der Waals surface area contributed by atoms with E-state index in [1.807, 2.05) is 31.2 Å². The topological polar surface area (TPSA) is 81.9 Å². The molecule has 0 atom stereocenters. The van der Waals surface area contributed by atoms with Crippen LogP contribution in [0.25, 0.3) is 11.4 Å². The van der Waals surface area contributed by atoms with Crippen molar-refractivity contribution < 1.29 is 9.53 Å². The number of carbonyl (C=O) groups excluding carboxylic acids is 1. The monoisotopic (exact) mass is 289 g/mol. The van der Waals surface area contributed by atoms with E-state index >= 15 is 0 Å². The van der Waals surface area contributed by atoms with Crippen LogP contribution in [0.15, 0.2) is 24.3 Å². The highest BCUT2D eigenvalue weighted by atomic mass is 16.5. The highest BCUT2D eigenvalue weighted by Gasteiger charge is 2.10. The van der Waals surface area contributed by atoms with Crippen LogP contribution in [0.4, 0.5) is 0 Å². The van der Waals surface area contributed by atoms with Gasteiger partial charge < -0.3 is 10.1 Å². The number of nitrogens with zero attached hydrogens (tertiary/aromatic N) is 4. The first-order chi connectivity index (χ1) is 10.2. The number of rotatable bonds is 7. The van der Waals surface area contributed by atoms with E-state index in [-0.39, 0.29) is 12.5 Å². The van der Waals surface area contributed by atoms with Crippen molar-refractivity contribution in [1.82, 2.24) is 25.5 Å². The Morgan fingerprint density at radius 2 is 2.19 bits per heavy atom. The van der Waals surface area contributed by atoms with Crippen LogP contribution in [0.3, 0.4) is 0 Å². The molecule has 7 heteroatoms. The van der Waals surface area contributed by atoms with E-state index in [1.165, 1.54) is 4.80 Å². The summed E-state index contributed by atoms with van der Waals surface area (Å²) in [4.78, 5) is 13.0. The van der Waals surface area contributed by atoms with E-state index in [0.29, 0.717) is 19.0 Å². The molecule has 0 fully saturated rings. The van der Waals surface area contributed by atoms with Gasteiger partial charge in [0.1, 0.15) is 6.54 Å². The van der Waals surface area contributed by atoms with Gasteiger partial charge in [0.2, 0.25) is 11.7 Å². The molecule has 0 saturated heterocycles. The molecular weight excluding hydrogens is 270 g/mol. The Morgan fingerprint density at radius 3 is 2.95 bits per heavy atom. The Bertz CT molecular complexity index is 597. The molecule has 7 nitrogen and oxygen atoms in total. The summed E-state index contributed by atoms with van der Waals surface area (Å²) in [6.07, 6.45) is 0.779. The van der Waals surface area contributed by atoms with E-state index in [0.717, 1.165) is 17.5 Å². The lowest BCUT2D eigenvalue weighted by Gasteiger charge is -2.03. The van der Waals surface area contributed by atoms with E-state index in [4.69, 9.17) is 4.74 Å². The number of benzene rings is 1. The van der Waals surface area contributed by atoms with Crippen molar-refractivity contribution in [1.29, 1.82) is 0 Å². The second-order valence-corrected chi connectivity index (χ2v) is 4.65. The normalized spacial score (nSPS) is 10.6. The summed E-state index contributed by atoms with van der Waals surface area (Å²) in [6, 6.07) is 7.79. The van der Waals surface area contributed by atoms with Crippen LogP contribution in [-0.4, -0.2) is 46.4 Å². The number of aryl methyl sites for hydroxylation is 1. The van der Waals surface area contributed by atoms with Crippen LogP contribution in [-0.2, 0) is 16.1 Å². The maximum Gasteiger partial charge on any atom is 0.243 e. The molecule has 1 amide bonds. The Kier molecular flexibility index (Phi) is 5.39. The minimum atomic E-state index is -0.139. The summed E-state index contributed by atoms with van der Waals surface area (Å²) in [5.41, 5.74) is 1.99. The lowest BCUT2D eigenvalue weighted by Crippen LogP contribution is -2.29. The molecule has 1 heterocycles. The summed E-state index contributed by atoms with van der Waals surface area (Å²) >= 11 is 0. The summed E-state index contributed by atoms with van der Waals surface area (Å²) in [5.74, 6) is 0.389. The van der Waals surface area contributed by atoms with Gasteiger partial charge in [-0.15, -0.1) is 10.2 Å². The largest absolute Gasteiger partial charge is 0.385 e. The van der Waals surface area contributed by atoms with Crippen molar-refractivity contribution in [2.75, 3.05) is 20.3 Å². The van der Waals surface area contributed by atoms with Crippen LogP contribution < -0.4 is 5.32 Å². The van der Waals surface area contributed by atoms with E-state index < -0.39 is 0 Å². The number of carbonyl (C=O) groups is 1. The molecule has 0 saturated carbocycles. The minimum Gasteiger partial charge on any atom is -0.385 e. The first-order valence-corrected chi connectivity index (χ1v) is 6.80. The van der Waals surface area contributed by atoms with Crippen LogP contribution in [0.1, 0.15) is 12.0 Å². The number of nitrogens with one attached hydrogen (secondary N) is 1. The molecule has 0 aliphatic rings. The molecule has 0 unspecified atom stereocenters. The first kappa shape index (κ1) is 15.1. The Hall–Kier alpha value is -2.28. The second-order valence-electron chi connectivity index (χ2n) is 4.65. The zero-order valence-corrected chi connectivity index (χ0v) is 12.2. The van der Waals surface area contributed by atoms with Crippen molar-refractivity contribution >= 4 is 5.91 Å². The molecule has 0 aliphatic heterocycles. The average Bonchev–Trinajstić information content (AvgIpc) is 2.92. The van der Waals surface area contributed by atoms with Gasteiger partial charge in [0.25, 0.3) is 0 Å². The maximum atomic E-state index is 11.7. The summed E-state index contributed by atoms with van der Waals surface area (Å²) < 4.78 is 4.91. The quantitative estimate of drug-likeness (QED) is 0.762. The molecule has 0 radical (unpaired) electrons. The van der Waals surface area contributed by atoms with Gasteiger partial charge in [-0.05, 0) is 24.1 Å². The van der Waals surface area contributed by atoms with E-state index in [9.17, 15) is 4.79 Å². The molecule has 0 spiro atoms. The van der Waals surface area contributed by atoms with Gasteiger partial charge >= 0.3 is 0 Å². The number of amides is 1. The standard InChI is InChI=1S/C14H19N5O2/c1-11-6-3-4-7-12(11)14-16-18-19(17-14)10-13(20)15-8-5-9-21-2/h3-4,6-7H,5,8-10H2,1-2H3,(H,15,20). The van der Waals surface area contributed by atoms with E-state index in [2.05, 4.69) is 20.7 Å². The number of aromatic nitrogens is 4. The second kappa shape index (κ2) is 7.49. The van der Waals surface area contributed by atoms with Gasteiger partial charge in [-0.1, -0.05) is 24.3 Å². The number of ether oxygens (including phenoxy) is 1. The van der Waals surface area contributed by atoms with Crippen molar-refractivity contribution in [3.8, 4) is 11.4 Å². The molecule has 2 rings (SSSR count). The fraction of sp³-hybridized carbons (Fsp3) is 0.429. The van der Waals surface area contributed by atoms with Crippen molar-refractivity contribution in [2.24, 2.45) is 0 Å². The van der Waals surface area contributed by atoms with Gasteiger partial charge in [0.05, 0.1) is 0 Å². The van der Waals surface area contributed by atoms with Crippen LogP contribution >= 0.6 is 0 Å². The predicted octanol–water partition coefficient (Wildman–Crippen LogP) is 0.801. The first-order valence-electron chi connectivity index (χ1n) is 6.80. The van der Waals surface area contributed by atoms with Gasteiger partial charge in [0.15, 0.2) is 0 Å². The average molecular weight is 289 g/mol. The fourth-order valence-corrected chi connectivity index (χ4v) is 1.87. The smallest absolute Gasteiger partial charge is 0.243 e. The highest BCUT2D eigenvalue weighted by Crippen LogP contribution is 2.17. The SMILES string of the molecule is COCCCNC(=O)Cn1nnc(-c2ccccc2C)n1. The van der Waals surface area contributed by atoms with E-state index in [1.54, 1.807) is 7.11 Å². The summed E-state index contributed by atoms with van der Waals surface area (Å²) in [6.45, 7) is 3.25. The van der Waals surface area contributed by atoms with Gasteiger partial charge in [-0.3, -0.25) is 4.79 Å². The number of hydrogen-bond acceptors (Lipinski definition) is 5. The lowest BCUT2D eigenvalue weighted by molar-refractivity contribution is -0.122. The van der Waals surface area contributed by atoms with Crippen LogP contribution in [0.5, 0.6) is 0 Å². The molecular formula is C14H19N5O2. The molecule has 112 valence electrons. The van der Waals surface area contributed by atoms with Gasteiger partial charge in [-0.25, -0.2) is 0 Å². The summed E-state index contributed by atoms with van der Waals surface area (Å²) in [5, 5.41) is 14.9. The summed E-state index contributed by atoms with van der Waals surface area (Å²) in [7, 11) is 1.63. The minimum absolute atomic E-state index is 0.0614. The van der Waals surface area contributed by atoms with Gasteiger partial charge in [0, 0.05) is 25.8 Å². The van der Waals surface area contributed by atoms with Crippen molar-refractivity contribution in [2.45, 2.75) is 19.9 Å². The third kappa shape index (κ3) is 4.35. The third-order valence-electron chi connectivity index (χ3n) is 2.97. The number of tetrazole rings is 1. The Labute approximate surface area is 123 Å². The lowest BCUT2D eigenvalue weighted by atomic mass is 10.1. The zero-order valence-electron chi connectivity index (χ0n) is 12.2. The zero-order chi connectivity index (χ0) is 15.1. The highest BCUT2D eigenvalue weighted by molar-refractivity contribution is 5.75. The van der Waals surface area contributed by atoms with Crippen LogP contribution in [0, 0.1) is 6.92 Å². The fourth-order valence-electron chi connectivity index (χ4n) is 1.87. The third-order valence-corrected chi connectivity index (χ3v) is 2.97. The molecule has 0 aliphatic carbocycles. The molecule has 1 aromatic carbocycles.